The predicted octanol–water partition coefficient (Wildman–Crippen LogP) is 0.866. The summed E-state index contributed by atoms with van der Waals surface area (Å²) in [6.45, 7) is 9.34. The van der Waals surface area contributed by atoms with E-state index in [2.05, 4.69) is 10.2 Å². The van der Waals surface area contributed by atoms with Crippen LogP contribution in [0, 0.1) is 0 Å². The van der Waals surface area contributed by atoms with Gasteiger partial charge in [0.1, 0.15) is 0 Å². The smallest absolute Gasteiger partial charge is 0.0707 e. The van der Waals surface area contributed by atoms with Gasteiger partial charge in [-0.2, -0.15) is 0 Å². The Labute approximate surface area is 105 Å². The van der Waals surface area contributed by atoms with E-state index in [-0.39, 0.29) is 0 Å². The molecule has 2 unspecified atom stereocenters. The normalized spacial score (nSPS) is 28.8. The molecule has 2 aliphatic rings. The standard InChI is InChI=1S/C13H26N2O2/c1-2-16-9-3-6-14-7-8-15-10-12-4-5-13(11-15)17-12/h12-14H,2-11H2,1H3. The van der Waals surface area contributed by atoms with E-state index >= 15 is 0 Å². The van der Waals surface area contributed by atoms with Gasteiger partial charge in [-0.3, -0.25) is 4.90 Å². The van der Waals surface area contributed by atoms with Crippen molar-refractivity contribution >= 4 is 0 Å². The van der Waals surface area contributed by atoms with Gasteiger partial charge in [-0.05, 0) is 32.7 Å². The molecular weight excluding hydrogens is 216 g/mol. The van der Waals surface area contributed by atoms with Crippen molar-refractivity contribution in [2.24, 2.45) is 0 Å². The Morgan fingerprint density at radius 2 is 2.00 bits per heavy atom. The SMILES string of the molecule is CCOCCCNCCN1CC2CCC(C1)O2. The molecule has 2 rings (SSSR count). The van der Waals surface area contributed by atoms with Crippen LogP contribution in [0.1, 0.15) is 26.2 Å². The Balaban J connectivity index is 1.45. The van der Waals surface area contributed by atoms with Crippen molar-refractivity contribution in [3.8, 4) is 0 Å². The highest BCUT2D eigenvalue weighted by Gasteiger charge is 2.33. The first kappa shape index (κ1) is 13.3. The molecule has 0 aromatic carbocycles. The van der Waals surface area contributed by atoms with Crippen LogP contribution in [0.5, 0.6) is 0 Å². The maximum atomic E-state index is 5.82. The van der Waals surface area contributed by atoms with E-state index in [4.69, 9.17) is 9.47 Å². The molecule has 2 fully saturated rings. The Kier molecular flexibility index (Phi) is 5.71. The summed E-state index contributed by atoms with van der Waals surface area (Å²) in [4.78, 5) is 2.54. The summed E-state index contributed by atoms with van der Waals surface area (Å²) in [5, 5.41) is 3.48. The summed E-state index contributed by atoms with van der Waals surface area (Å²) in [5.41, 5.74) is 0. The van der Waals surface area contributed by atoms with E-state index in [1.807, 2.05) is 6.92 Å². The molecule has 0 radical (unpaired) electrons. The molecule has 2 bridgehead atoms. The average molecular weight is 242 g/mol. The Bertz CT molecular complexity index is 202. The Morgan fingerprint density at radius 1 is 1.24 bits per heavy atom. The van der Waals surface area contributed by atoms with Gasteiger partial charge in [-0.1, -0.05) is 0 Å². The van der Waals surface area contributed by atoms with Gasteiger partial charge in [0.05, 0.1) is 12.2 Å². The number of nitrogens with zero attached hydrogens (tertiary/aromatic N) is 1. The van der Waals surface area contributed by atoms with E-state index in [0.29, 0.717) is 12.2 Å². The molecule has 4 heteroatoms. The minimum Gasteiger partial charge on any atom is -0.382 e. The van der Waals surface area contributed by atoms with E-state index in [1.165, 1.54) is 12.8 Å². The summed E-state index contributed by atoms with van der Waals surface area (Å²) in [6.07, 6.45) is 4.69. The average Bonchev–Trinajstić information content (AvgIpc) is 2.68. The van der Waals surface area contributed by atoms with Crippen molar-refractivity contribution in [3.05, 3.63) is 0 Å². The topological polar surface area (TPSA) is 33.7 Å². The second-order valence-electron chi connectivity index (χ2n) is 5.02. The van der Waals surface area contributed by atoms with Gasteiger partial charge in [0, 0.05) is 39.4 Å². The molecule has 0 aromatic heterocycles. The molecule has 2 heterocycles. The maximum absolute atomic E-state index is 5.82. The van der Waals surface area contributed by atoms with E-state index in [0.717, 1.165) is 52.4 Å². The first-order valence-corrected chi connectivity index (χ1v) is 7.04. The molecule has 0 amide bonds. The number of likely N-dealkylation sites (tertiary alicyclic amines) is 1. The predicted molar refractivity (Wildman–Crippen MR) is 68.3 cm³/mol. The molecule has 100 valence electrons. The highest BCUT2D eigenvalue weighted by atomic mass is 16.5. The van der Waals surface area contributed by atoms with Crippen LogP contribution in [0.4, 0.5) is 0 Å². The van der Waals surface area contributed by atoms with Gasteiger partial charge in [0.25, 0.3) is 0 Å². The quantitative estimate of drug-likeness (QED) is 0.640. The van der Waals surface area contributed by atoms with Crippen LogP contribution in [-0.4, -0.2) is 63.0 Å². The van der Waals surface area contributed by atoms with Crippen LogP contribution in [0.25, 0.3) is 0 Å². The largest absolute Gasteiger partial charge is 0.382 e. The number of morpholine rings is 1. The van der Waals surface area contributed by atoms with E-state index in [1.54, 1.807) is 0 Å². The second-order valence-corrected chi connectivity index (χ2v) is 5.02. The van der Waals surface area contributed by atoms with Crippen molar-refractivity contribution in [3.63, 3.8) is 0 Å². The Hall–Kier alpha value is -0.160. The third kappa shape index (κ3) is 4.54. The highest BCUT2D eigenvalue weighted by molar-refractivity contribution is 4.84. The summed E-state index contributed by atoms with van der Waals surface area (Å²) in [7, 11) is 0. The molecule has 2 atom stereocenters. The first-order valence-electron chi connectivity index (χ1n) is 7.04. The van der Waals surface area contributed by atoms with Crippen LogP contribution < -0.4 is 5.32 Å². The number of rotatable bonds is 8. The van der Waals surface area contributed by atoms with Gasteiger partial charge >= 0.3 is 0 Å². The fraction of sp³-hybridized carbons (Fsp3) is 1.00. The van der Waals surface area contributed by atoms with Gasteiger partial charge in [0.15, 0.2) is 0 Å². The lowest BCUT2D eigenvalue weighted by molar-refractivity contribution is -0.0376. The number of ether oxygens (including phenoxy) is 2. The van der Waals surface area contributed by atoms with Crippen LogP contribution in [0.2, 0.25) is 0 Å². The molecule has 2 saturated heterocycles. The fourth-order valence-corrected chi connectivity index (χ4v) is 2.69. The third-order valence-corrected chi connectivity index (χ3v) is 3.57. The molecule has 4 nitrogen and oxygen atoms in total. The molecule has 0 aliphatic carbocycles. The summed E-state index contributed by atoms with van der Waals surface area (Å²) < 4.78 is 11.1. The van der Waals surface area contributed by atoms with E-state index < -0.39 is 0 Å². The lowest BCUT2D eigenvalue weighted by atomic mass is 10.2. The summed E-state index contributed by atoms with van der Waals surface area (Å²) in [5.74, 6) is 0. The minimum atomic E-state index is 0.520. The minimum absolute atomic E-state index is 0.520. The number of fused-ring (bicyclic) bond motifs is 2. The summed E-state index contributed by atoms with van der Waals surface area (Å²) in [6, 6.07) is 0. The van der Waals surface area contributed by atoms with Crippen LogP contribution in [0.3, 0.4) is 0 Å². The Morgan fingerprint density at radius 3 is 2.71 bits per heavy atom. The molecule has 0 spiro atoms. The molecule has 2 aliphatic heterocycles. The number of hydrogen-bond acceptors (Lipinski definition) is 4. The molecular formula is C13H26N2O2. The number of nitrogens with one attached hydrogen (secondary N) is 1. The zero-order valence-corrected chi connectivity index (χ0v) is 11.0. The fourth-order valence-electron chi connectivity index (χ4n) is 2.69. The molecule has 0 aromatic rings. The zero-order chi connectivity index (χ0) is 11.9. The monoisotopic (exact) mass is 242 g/mol. The van der Waals surface area contributed by atoms with Crippen molar-refractivity contribution < 1.29 is 9.47 Å². The van der Waals surface area contributed by atoms with Crippen molar-refractivity contribution in [1.29, 1.82) is 0 Å². The molecule has 1 N–H and O–H groups in total. The van der Waals surface area contributed by atoms with Gasteiger partial charge in [-0.15, -0.1) is 0 Å². The summed E-state index contributed by atoms with van der Waals surface area (Å²) >= 11 is 0. The number of hydrogen-bond donors (Lipinski definition) is 1. The highest BCUT2D eigenvalue weighted by Crippen LogP contribution is 2.25. The van der Waals surface area contributed by atoms with Crippen LogP contribution in [0.15, 0.2) is 0 Å². The molecule has 17 heavy (non-hydrogen) atoms. The van der Waals surface area contributed by atoms with Crippen molar-refractivity contribution in [2.45, 2.75) is 38.4 Å². The van der Waals surface area contributed by atoms with Crippen LogP contribution >= 0.6 is 0 Å². The molecule has 0 saturated carbocycles. The third-order valence-electron chi connectivity index (χ3n) is 3.57. The van der Waals surface area contributed by atoms with Gasteiger partial charge in [0.2, 0.25) is 0 Å². The maximum Gasteiger partial charge on any atom is 0.0707 e. The second kappa shape index (κ2) is 7.31. The van der Waals surface area contributed by atoms with E-state index in [9.17, 15) is 0 Å². The van der Waals surface area contributed by atoms with Crippen LogP contribution in [-0.2, 0) is 9.47 Å². The first-order chi connectivity index (χ1) is 8.38. The zero-order valence-electron chi connectivity index (χ0n) is 11.0. The van der Waals surface area contributed by atoms with Crippen molar-refractivity contribution in [1.82, 2.24) is 10.2 Å². The lowest BCUT2D eigenvalue weighted by Gasteiger charge is -2.32. The lowest BCUT2D eigenvalue weighted by Crippen LogP contribution is -2.45. The van der Waals surface area contributed by atoms with Gasteiger partial charge < -0.3 is 14.8 Å². The van der Waals surface area contributed by atoms with Crippen molar-refractivity contribution in [2.75, 3.05) is 45.9 Å². The van der Waals surface area contributed by atoms with Gasteiger partial charge in [-0.25, -0.2) is 0 Å².